The van der Waals surface area contributed by atoms with Gasteiger partial charge < -0.3 is 5.32 Å². The van der Waals surface area contributed by atoms with Gasteiger partial charge in [0.05, 0.1) is 0 Å². The highest BCUT2D eigenvalue weighted by molar-refractivity contribution is 7.84. The van der Waals surface area contributed by atoms with E-state index in [1.165, 1.54) is 12.8 Å². The van der Waals surface area contributed by atoms with Crippen molar-refractivity contribution >= 4 is 10.8 Å². The van der Waals surface area contributed by atoms with Gasteiger partial charge in [0.2, 0.25) is 0 Å². The van der Waals surface area contributed by atoms with Gasteiger partial charge in [-0.3, -0.25) is 4.21 Å². The minimum Gasteiger partial charge on any atom is -0.317 e. The first kappa shape index (κ1) is 15.1. The summed E-state index contributed by atoms with van der Waals surface area (Å²) >= 11 is 0. The maximum absolute atomic E-state index is 11.6. The lowest BCUT2D eigenvalue weighted by Crippen LogP contribution is -2.20. The SMILES string of the molecule is CNC(C)CCCCS(=O)CCC(C)C. The molecule has 0 aromatic heterocycles. The molecule has 0 radical (unpaired) electrons. The Morgan fingerprint density at radius 3 is 2.27 bits per heavy atom. The second-order valence-electron chi connectivity index (χ2n) is 4.72. The van der Waals surface area contributed by atoms with Crippen LogP contribution in [0, 0.1) is 5.92 Å². The van der Waals surface area contributed by atoms with Gasteiger partial charge in [-0.2, -0.15) is 0 Å². The molecular weight excluding hydrogens is 206 g/mol. The van der Waals surface area contributed by atoms with Crippen LogP contribution in [0.3, 0.4) is 0 Å². The quantitative estimate of drug-likeness (QED) is 0.620. The third kappa shape index (κ3) is 10.4. The molecule has 0 saturated heterocycles. The summed E-state index contributed by atoms with van der Waals surface area (Å²) in [5, 5.41) is 3.22. The maximum atomic E-state index is 11.6. The molecule has 2 unspecified atom stereocenters. The number of hydrogen-bond acceptors (Lipinski definition) is 2. The molecule has 3 heteroatoms. The summed E-state index contributed by atoms with van der Waals surface area (Å²) in [5.74, 6) is 2.46. The van der Waals surface area contributed by atoms with E-state index in [0.29, 0.717) is 12.0 Å². The molecular formula is C12H27NOS. The van der Waals surface area contributed by atoms with Crippen LogP contribution in [-0.2, 0) is 10.8 Å². The molecule has 0 aliphatic rings. The average molecular weight is 233 g/mol. The van der Waals surface area contributed by atoms with Gasteiger partial charge in [0.25, 0.3) is 0 Å². The third-order valence-electron chi connectivity index (χ3n) is 2.67. The van der Waals surface area contributed by atoms with E-state index >= 15 is 0 Å². The lowest BCUT2D eigenvalue weighted by molar-refractivity contribution is 0.537. The normalized spacial score (nSPS) is 15.5. The average Bonchev–Trinajstić information content (AvgIpc) is 2.21. The van der Waals surface area contributed by atoms with Crippen molar-refractivity contribution in [3.63, 3.8) is 0 Å². The predicted molar refractivity (Wildman–Crippen MR) is 69.7 cm³/mol. The van der Waals surface area contributed by atoms with Crippen LogP contribution in [0.15, 0.2) is 0 Å². The fourth-order valence-corrected chi connectivity index (χ4v) is 2.79. The predicted octanol–water partition coefficient (Wildman–Crippen LogP) is 2.56. The van der Waals surface area contributed by atoms with Crippen LogP contribution in [0.4, 0.5) is 0 Å². The molecule has 0 aromatic rings. The summed E-state index contributed by atoms with van der Waals surface area (Å²) in [7, 11) is 1.41. The van der Waals surface area contributed by atoms with Crippen molar-refractivity contribution in [3.8, 4) is 0 Å². The fraction of sp³-hybridized carbons (Fsp3) is 1.00. The lowest BCUT2D eigenvalue weighted by atomic mass is 10.1. The van der Waals surface area contributed by atoms with Crippen molar-refractivity contribution in [2.75, 3.05) is 18.6 Å². The van der Waals surface area contributed by atoms with Gasteiger partial charge in [-0.1, -0.05) is 20.3 Å². The molecule has 15 heavy (non-hydrogen) atoms. The van der Waals surface area contributed by atoms with Crippen LogP contribution < -0.4 is 5.32 Å². The zero-order chi connectivity index (χ0) is 11.7. The van der Waals surface area contributed by atoms with E-state index in [1.807, 2.05) is 7.05 Å². The van der Waals surface area contributed by atoms with Gasteiger partial charge in [0, 0.05) is 28.3 Å². The van der Waals surface area contributed by atoms with Crippen LogP contribution in [0.1, 0.15) is 46.5 Å². The van der Waals surface area contributed by atoms with Gasteiger partial charge in [-0.15, -0.1) is 0 Å². The van der Waals surface area contributed by atoms with Crippen molar-refractivity contribution in [2.24, 2.45) is 5.92 Å². The van der Waals surface area contributed by atoms with Crippen molar-refractivity contribution in [1.29, 1.82) is 0 Å². The Hall–Kier alpha value is 0.110. The Bertz CT molecular complexity index is 171. The molecule has 0 aromatic carbocycles. The minimum absolute atomic E-state index is 0.578. The molecule has 0 aliphatic heterocycles. The smallest absolute Gasteiger partial charge is 0.0237 e. The summed E-state index contributed by atoms with van der Waals surface area (Å²) in [6.45, 7) is 6.56. The highest BCUT2D eigenvalue weighted by Gasteiger charge is 2.03. The zero-order valence-corrected chi connectivity index (χ0v) is 11.5. The largest absolute Gasteiger partial charge is 0.317 e. The van der Waals surface area contributed by atoms with Crippen LogP contribution in [0.25, 0.3) is 0 Å². The first-order valence-corrected chi connectivity index (χ1v) is 7.57. The lowest BCUT2D eigenvalue weighted by Gasteiger charge is -2.09. The van der Waals surface area contributed by atoms with Crippen molar-refractivity contribution in [2.45, 2.75) is 52.5 Å². The zero-order valence-electron chi connectivity index (χ0n) is 10.7. The van der Waals surface area contributed by atoms with Crippen LogP contribution in [0.2, 0.25) is 0 Å². The van der Waals surface area contributed by atoms with Crippen LogP contribution in [0.5, 0.6) is 0 Å². The van der Waals surface area contributed by atoms with E-state index < -0.39 is 10.8 Å². The molecule has 0 aliphatic carbocycles. The Morgan fingerprint density at radius 1 is 1.07 bits per heavy atom. The highest BCUT2D eigenvalue weighted by Crippen LogP contribution is 2.05. The molecule has 0 amide bonds. The summed E-state index contributed by atoms with van der Waals surface area (Å²) in [4.78, 5) is 0. The van der Waals surface area contributed by atoms with Gasteiger partial charge in [0.15, 0.2) is 0 Å². The number of unbranched alkanes of at least 4 members (excludes halogenated alkanes) is 1. The Kier molecular flexibility index (Phi) is 9.41. The van der Waals surface area contributed by atoms with E-state index in [1.54, 1.807) is 0 Å². The summed E-state index contributed by atoms with van der Waals surface area (Å²) < 4.78 is 11.6. The first-order valence-electron chi connectivity index (χ1n) is 6.08. The van der Waals surface area contributed by atoms with E-state index in [2.05, 4.69) is 26.1 Å². The molecule has 0 fully saturated rings. The van der Waals surface area contributed by atoms with E-state index in [0.717, 1.165) is 24.3 Å². The Labute approximate surface area is 97.7 Å². The first-order chi connectivity index (χ1) is 7.06. The van der Waals surface area contributed by atoms with E-state index in [9.17, 15) is 4.21 Å². The van der Waals surface area contributed by atoms with E-state index in [-0.39, 0.29) is 0 Å². The monoisotopic (exact) mass is 233 g/mol. The molecule has 0 bridgehead atoms. The van der Waals surface area contributed by atoms with Gasteiger partial charge in [-0.05, 0) is 39.2 Å². The maximum Gasteiger partial charge on any atom is 0.0237 e. The van der Waals surface area contributed by atoms with Crippen molar-refractivity contribution in [1.82, 2.24) is 5.32 Å². The minimum atomic E-state index is -0.578. The molecule has 0 rings (SSSR count). The fourth-order valence-electron chi connectivity index (χ4n) is 1.33. The molecule has 1 N–H and O–H groups in total. The topological polar surface area (TPSA) is 29.1 Å². The summed E-state index contributed by atoms with van der Waals surface area (Å²) in [6, 6.07) is 0.592. The molecule has 0 saturated carbocycles. The van der Waals surface area contributed by atoms with Crippen molar-refractivity contribution in [3.05, 3.63) is 0 Å². The summed E-state index contributed by atoms with van der Waals surface area (Å²) in [5.41, 5.74) is 0. The number of rotatable bonds is 9. The summed E-state index contributed by atoms with van der Waals surface area (Å²) in [6.07, 6.45) is 4.59. The third-order valence-corrected chi connectivity index (χ3v) is 4.11. The molecule has 2 nitrogen and oxygen atoms in total. The number of hydrogen-bond donors (Lipinski definition) is 1. The van der Waals surface area contributed by atoms with Crippen LogP contribution >= 0.6 is 0 Å². The van der Waals surface area contributed by atoms with Gasteiger partial charge in [-0.25, -0.2) is 0 Å². The second-order valence-corrected chi connectivity index (χ2v) is 6.41. The standard InChI is InChI=1S/C12H27NOS/c1-11(2)8-10-15(14)9-6-5-7-12(3)13-4/h11-13H,5-10H2,1-4H3. The Morgan fingerprint density at radius 2 is 1.73 bits per heavy atom. The molecule has 92 valence electrons. The highest BCUT2D eigenvalue weighted by atomic mass is 32.2. The number of nitrogens with one attached hydrogen (secondary N) is 1. The second kappa shape index (κ2) is 9.34. The van der Waals surface area contributed by atoms with E-state index in [4.69, 9.17) is 0 Å². The molecule has 0 spiro atoms. The molecule has 0 heterocycles. The van der Waals surface area contributed by atoms with Crippen molar-refractivity contribution < 1.29 is 4.21 Å². The molecule has 2 atom stereocenters. The Balaban J connectivity index is 3.31. The van der Waals surface area contributed by atoms with Gasteiger partial charge in [0.1, 0.15) is 0 Å². The van der Waals surface area contributed by atoms with Crippen LogP contribution in [-0.4, -0.2) is 28.8 Å². The van der Waals surface area contributed by atoms with Gasteiger partial charge >= 0.3 is 0 Å².